The van der Waals surface area contributed by atoms with Crippen LogP contribution in [0.25, 0.3) is 0 Å². The third-order valence-electron chi connectivity index (χ3n) is 4.73. The Balaban J connectivity index is 1.72. The van der Waals surface area contributed by atoms with Gasteiger partial charge in [-0.1, -0.05) is 53.5 Å². The molecule has 1 amide bonds. The standard InChI is InChI=1S/C21H24Cl2N2OS/c1-15(2)24(13-16-6-5-7-17(22)12-16)14-20(26)25-10-11-27-21(25)18-8-3-4-9-19(18)23/h3-9,12,15,21H,10-11,13-14H2,1-2H3. The molecule has 0 spiro atoms. The van der Waals surface area contributed by atoms with E-state index < -0.39 is 0 Å². The predicted molar refractivity (Wildman–Crippen MR) is 115 cm³/mol. The maximum atomic E-state index is 13.1. The van der Waals surface area contributed by atoms with E-state index in [4.69, 9.17) is 23.2 Å². The van der Waals surface area contributed by atoms with E-state index in [0.29, 0.717) is 18.1 Å². The van der Waals surface area contributed by atoms with E-state index in [1.165, 1.54) is 0 Å². The summed E-state index contributed by atoms with van der Waals surface area (Å²) in [7, 11) is 0. The Kier molecular flexibility index (Phi) is 7.10. The van der Waals surface area contributed by atoms with Crippen LogP contribution < -0.4 is 0 Å². The minimum absolute atomic E-state index is 0.00798. The van der Waals surface area contributed by atoms with Gasteiger partial charge in [0.15, 0.2) is 0 Å². The van der Waals surface area contributed by atoms with Crippen molar-refractivity contribution in [2.45, 2.75) is 31.8 Å². The van der Waals surface area contributed by atoms with E-state index in [1.54, 1.807) is 11.8 Å². The van der Waals surface area contributed by atoms with Crippen molar-refractivity contribution in [3.63, 3.8) is 0 Å². The lowest BCUT2D eigenvalue weighted by atomic mass is 10.1. The number of benzene rings is 2. The van der Waals surface area contributed by atoms with Gasteiger partial charge in [-0.3, -0.25) is 9.69 Å². The van der Waals surface area contributed by atoms with Gasteiger partial charge >= 0.3 is 0 Å². The summed E-state index contributed by atoms with van der Waals surface area (Å²) in [4.78, 5) is 17.3. The molecule has 0 saturated carbocycles. The second-order valence-corrected chi connectivity index (χ2v) is 8.99. The molecule has 1 fully saturated rings. The zero-order valence-electron chi connectivity index (χ0n) is 15.6. The van der Waals surface area contributed by atoms with Crippen molar-refractivity contribution in [2.75, 3.05) is 18.8 Å². The summed E-state index contributed by atoms with van der Waals surface area (Å²) in [6, 6.07) is 15.9. The lowest BCUT2D eigenvalue weighted by Crippen LogP contribution is -2.42. The third kappa shape index (κ3) is 5.20. The summed E-state index contributed by atoms with van der Waals surface area (Å²) in [5, 5.41) is 1.43. The Labute approximate surface area is 175 Å². The molecule has 1 atom stereocenters. The SMILES string of the molecule is CC(C)N(CC(=O)N1CCSC1c1ccccc1Cl)Cc1cccc(Cl)c1. The fraction of sp³-hybridized carbons (Fsp3) is 0.381. The van der Waals surface area contributed by atoms with E-state index in [1.807, 2.05) is 53.4 Å². The van der Waals surface area contributed by atoms with Crippen LogP contribution in [0.3, 0.4) is 0 Å². The average Bonchev–Trinajstić information content (AvgIpc) is 3.11. The van der Waals surface area contributed by atoms with Crippen LogP contribution in [0.15, 0.2) is 48.5 Å². The highest BCUT2D eigenvalue weighted by atomic mass is 35.5. The molecule has 1 unspecified atom stereocenters. The molecule has 1 aliphatic heterocycles. The maximum absolute atomic E-state index is 13.1. The molecule has 0 aromatic heterocycles. The fourth-order valence-corrected chi connectivity index (χ4v) is 5.04. The number of hydrogen-bond acceptors (Lipinski definition) is 3. The quantitative estimate of drug-likeness (QED) is 0.615. The van der Waals surface area contributed by atoms with Crippen molar-refractivity contribution in [2.24, 2.45) is 0 Å². The number of hydrogen-bond donors (Lipinski definition) is 0. The minimum Gasteiger partial charge on any atom is -0.325 e. The summed E-state index contributed by atoms with van der Waals surface area (Å²) < 4.78 is 0. The molecule has 2 aromatic carbocycles. The summed E-state index contributed by atoms with van der Waals surface area (Å²) >= 11 is 14.3. The van der Waals surface area contributed by atoms with Crippen LogP contribution in [0.1, 0.15) is 30.3 Å². The molecule has 0 bridgehead atoms. The molecular formula is C21H24Cl2N2OS. The van der Waals surface area contributed by atoms with Gasteiger partial charge < -0.3 is 4.90 Å². The van der Waals surface area contributed by atoms with Crippen LogP contribution in [0.5, 0.6) is 0 Å². The van der Waals surface area contributed by atoms with E-state index in [-0.39, 0.29) is 17.3 Å². The smallest absolute Gasteiger partial charge is 0.237 e. The van der Waals surface area contributed by atoms with Gasteiger partial charge in [0, 0.05) is 40.5 Å². The first-order valence-corrected chi connectivity index (χ1v) is 10.9. The van der Waals surface area contributed by atoms with Gasteiger partial charge in [-0.2, -0.15) is 0 Å². The topological polar surface area (TPSA) is 23.6 Å². The van der Waals surface area contributed by atoms with Crippen LogP contribution in [0, 0.1) is 0 Å². The number of carbonyl (C=O) groups is 1. The highest BCUT2D eigenvalue weighted by molar-refractivity contribution is 7.99. The van der Waals surface area contributed by atoms with E-state index in [2.05, 4.69) is 18.7 Å². The number of nitrogens with zero attached hydrogens (tertiary/aromatic N) is 2. The van der Waals surface area contributed by atoms with Gasteiger partial charge in [-0.25, -0.2) is 0 Å². The van der Waals surface area contributed by atoms with E-state index >= 15 is 0 Å². The van der Waals surface area contributed by atoms with Gasteiger partial charge in [0.05, 0.1) is 6.54 Å². The van der Waals surface area contributed by atoms with Gasteiger partial charge in [0.25, 0.3) is 0 Å². The van der Waals surface area contributed by atoms with Crippen molar-refractivity contribution in [1.29, 1.82) is 0 Å². The molecule has 3 rings (SSSR count). The van der Waals surface area contributed by atoms with Gasteiger partial charge in [0.1, 0.15) is 5.37 Å². The molecular weight excluding hydrogens is 399 g/mol. The van der Waals surface area contributed by atoms with Crippen LogP contribution in [-0.2, 0) is 11.3 Å². The van der Waals surface area contributed by atoms with Crippen LogP contribution in [-0.4, -0.2) is 40.6 Å². The van der Waals surface area contributed by atoms with Crippen LogP contribution >= 0.6 is 35.0 Å². The van der Waals surface area contributed by atoms with Crippen molar-refractivity contribution >= 4 is 40.9 Å². The molecule has 1 aliphatic rings. The predicted octanol–water partition coefficient (Wildman–Crippen LogP) is 5.48. The van der Waals surface area contributed by atoms with Crippen molar-refractivity contribution in [3.8, 4) is 0 Å². The van der Waals surface area contributed by atoms with E-state index in [0.717, 1.165) is 28.4 Å². The first-order valence-electron chi connectivity index (χ1n) is 9.09. The zero-order valence-corrected chi connectivity index (χ0v) is 17.9. The van der Waals surface area contributed by atoms with Gasteiger partial charge in [0.2, 0.25) is 5.91 Å². The largest absolute Gasteiger partial charge is 0.325 e. The van der Waals surface area contributed by atoms with Gasteiger partial charge in [-0.05, 0) is 37.6 Å². The second kappa shape index (κ2) is 9.33. The summed E-state index contributed by atoms with van der Waals surface area (Å²) in [6.07, 6.45) is 0. The van der Waals surface area contributed by atoms with Crippen molar-refractivity contribution in [1.82, 2.24) is 9.80 Å². The number of carbonyl (C=O) groups excluding carboxylic acids is 1. The van der Waals surface area contributed by atoms with Crippen LogP contribution in [0.4, 0.5) is 0 Å². The number of halogens is 2. The normalized spacial score (nSPS) is 17.1. The summed E-state index contributed by atoms with van der Waals surface area (Å²) in [5.74, 6) is 1.07. The van der Waals surface area contributed by atoms with Crippen LogP contribution in [0.2, 0.25) is 10.0 Å². The lowest BCUT2D eigenvalue weighted by molar-refractivity contribution is -0.133. The zero-order chi connectivity index (χ0) is 19.4. The first-order chi connectivity index (χ1) is 13.0. The molecule has 3 nitrogen and oxygen atoms in total. The molecule has 2 aromatic rings. The molecule has 1 heterocycles. The fourth-order valence-electron chi connectivity index (χ4n) is 3.21. The Morgan fingerprint density at radius 3 is 2.70 bits per heavy atom. The Bertz CT molecular complexity index is 799. The summed E-state index contributed by atoms with van der Waals surface area (Å²) in [6.45, 7) is 6.06. The average molecular weight is 423 g/mol. The monoisotopic (exact) mass is 422 g/mol. The molecule has 27 heavy (non-hydrogen) atoms. The number of rotatable bonds is 6. The maximum Gasteiger partial charge on any atom is 0.237 e. The molecule has 0 N–H and O–H groups in total. The molecule has 0 radical (unpaired) electrons. The molecule has 144 valence electrons. The highest BCUT2D eigenvalue weighted by Gasteiger charge is 2.32. The third-order valence-corrected chi connectivity index (χ3v) is 6.55. The number of thioether (sulfide) groups is 1. The van der Waals surface area contributed by atoms with Crippen molar-refractivity contribution < 1.29 is 4.79 Å². The molecule has 1 saturated heterocycles. The molecule has 6 heteroatoms. The second-order valence-electron chi connectivity index (χ2n) is 6.96. The minimum atomic E-state index is -0.00798. The summed E-state index contributed by atoms with van der Waals surface area (Å²) in [5.41, 5.74) is 2.13. The van der Waals surface area contributed by atoms with Crippen molar-refractivity contribution in [3.05, 3.63) is 69.7 Å². The Hall–Kier alpha value is -1.20. The van der Waals surface area contributed by atoms with E-state index in [9.17, 15) is 4.79 Å². The Morgan fingerprint density at radius 1 is 1.22 bits per heavy atom. The lowest BCUT2D eigenvalue weighted by Gasteiger charge is -2.30. The Morgan fingerprint density at radius 2 is 2.00 bits per heavy atom. The van der Waals surface area contributed by atoms with Gasteiger partial charge in [-0.15, -0.1) is 11.8 Å². The highest BCUT2D eigenvalue weighted by Crippen LogP contribution is 2.40. The number of amides is 1. The first kappa shape index (κ1) is 20.5. The molecule has 0 aliphatic carbocycles.